The number of amides is 2. The van der Waals surface area contributed by atoms with Gasteiger partial charge in [-0.1, -0.05) is 12.1 Å². The van der Waals surface area contributed by atoms with Crippen LogP contribution in [0.4, 0.5) is 11.5 Å². The molecule has 2 aliphatic heterocycles. The zero-order valence-electron chi connectivity index (χ0n) is 17.8. The van der Waals surface area contributed by atoms with Crippen molar-refractivity contribution in [1.82, 2.24) is 14.8 Å². The number of aromatic nitrogens is 1. The molecule has 2 aromatic rings. The Labute approximate surface area is 182 Å². The van der Waals surface area contributed by atoms with E-state index in [-0.39, 0.29) is 17.7 Å². The summed E-state index contributed by atoms with van der Waals surface area (Å²) in [6.45, 7) is 3.47. The lowest BCUT2D eigenvalue weighted by Gasteiger charge is -2.36. The van der Waals surface area contributed by atoms with Crippen molar-refractivity contribution in [3.8, 4) is 5.75 Å². The molecular formula is C23H28N4O4. The van der Waals surface area contributed by atoms with E-state index in [9.17, 15) is 9.59 Å². The predicted octanol–water partition coefficient (Wildman–Crippen LogP) is 2.54. The summed E-state index contributed by atoms with van der Waals surface area (Å²) < 4.78 is 10.7. The summed E-state index contributed by atoms with van der Waals surface area (Å²) >= 11 is 0. The van der Waals surface area contributed by atoms with E-state index in [2.05, 4.69) is 10.3 Å². The minimum absolute atomic E-state index is 0.120. The van der Waals surface area contributed by atoms with Crippen molar-refractivity contribution in [1.29, 1.82) is 0 Å². The summed E-state index contributed by atoms with van der Waals surface area (Å²) in [6.07, 6.45) is 3.26. The number of piperidine rings is 1. The lowest BCUT2D eigenvalue weighted by molar-refractivity contribution is -0.141. The van der Waals surface area contributed by atoms with Gasteiger partial charge in [-0.2, -0.15) is 0 Å². The second-order valence-electron chi connectivity index (χ2n) is 7.75. The molecule has 2 aliphatic rings. The number of methoxy groups -OCH3 is 1. The Morgan fingerprint density at radius 3 is 2.71 bits per heavy atom. The molecule has 3 heterocycles. The maximum atomic E-state index is 13.4. The van der Waals surface area contributed by atoms with Crippen molar-refractivity contribution in [3.05, 3.63) is 48.2 Å². The van der Waals surface area contributed by atoms with Gasteiger partial charge in [0.2, 0.25) is 5.91 Å². The SMILES string of the molecule is COc1ccccc1Nc1ncccc1C(=O)N1CCCC(C(=O)N2CCOCC2)C1. The number of hydrogen-bond donors (Lipinski definition) is 1. The van der Waals surface area contributed by atoms with Crippen LogP contribution in [0.1, 0.15) is 23.2 Å². The lowest BCUT2D eigenvalue weighted by Crippen LogP contribution is -2.49. The molecule has 8 heteroatoms. The Balaban J connectivity index is 1.49. The number of carbonyl (C=O) groups is 2. The van der Waals surface area contributed by atoms with Gasteiger partial charge in [0.25, 0.3) is 5.91 Å². The topological polar surface area (TPSA) is 84.0 Å². The minimum Gasteiger partial charge on any atom is -0.495 e. The van der Waals surface area contributed by atoms with Gasteiger partial charge in [0.1, 0.15) is 11.6 Å². The average Bonchev–Trinajstić information content (AvgIpc) is 2.84. The lowest BCUT2D eigenvalue weighted by atomic mass is 9.95. The van der Waals surface area contributed by atoms with E-state index in [1.54, 1.807) is 30.3 Å². The molecule has 2 fully saturated rings. The normalized spacial score (nSPS) is 19.1. The van der Waals surface area contributed by atoms with E-state index in [1.807, 2.05) is 29.2 Å². The number of nitrogens with zero attached hydrogens (tertiary/aromatic N) is 3. The minimum atomic E-state index is -0.168. The molecule has 0 bridgehead atoms. The Bertz CT molecular complexity index is 929. The van der Waals surface area contributed by atoms with Crippen LogP contribution in [0, 0.1) is 5.92 Å². The van der Waals surface area contributed by atoms with Crippen molar-refractivity contribution in [2.75, 3.05) is 51.8 Å². The molecule has 1 aromatic heterocycles. The number of anilines is 2. The first-order chi connectivity index (χ1) is 15.2. The molecule has 1 N–H and O–H groups in total. The molecule has 2 amide bonds. The van der Waals surface area contributed by atoms with Crippen LogP contribution >= 0.6 is 0 Å². The van der Waals surface area contributed by atoms with Crippen molar-refractivity contribution >= 4 is 23.3 Å². The third-order valence-corrected chi connectivity index (χ3v) is 5.78. The van der Waals surface area contributed by atoms with Gasteiger partial charge in [0, 0.05) is 32.4 Å². The molecule has 0 aliphatic carbocycles. The molecule has 0 saturated carbocycles. The summed E-state index contributed by atoms with van der Waals surface area (Å²) in [5, 5.41) is 3.23. The van der Waals surface area contributed by atoms with E-state index in [4.69, 9.17) is 9.47 Å². The zero-order valence-corrected chi connectivity index (χ0v) is 17.8. The first-order valence-corrected chi connectivity index (χ1v) is 10.7. The van der Waals surface area contributed by atoms with Crippen LogP contribution in [0.5, 0.6) is 5.75 Å². The molecule has 1 aromatic carbocycles. The van der Waals surface area contributed by atoms with Gasteiger partial charge >= 0.3 is 0 Å². The Morgan fingerprint density at radius 1 is 1.10 bits per heavy atom. The molecule has 164 valence electrons. The molecule has 0 spiro atoms. The maximum absolute atomic E-state index is 13.4. The molecule has 4 rings (SSSR count). The van der Waals surface area contributed by atoms with Gasteiger partial charge in [-0.25, -0.2) is 4.98 Å². The molecule has 2 saturated heterocycles. The number of morpholine rings is 1. The second-order valence-corrected chi connectivity index (χ2v) is 7.75. The van der Waals surface area contributed by atoms with Crippen LogP contribution in [-0.2, 0) is 9.53 Å². The molecule has 1 unspecified atom stereocenters. The summed E-state index contributed by atoms with van der Waals surface area (Å²) in [7, 11) is 1.60. The van der Waals surface area contributed by atoms with Crippen molar-refractivity contribution in [3.63, 3.8) is 0 Å². The second kappa shape index (κ2) is 9.78. The highest BCUT2D eigenvalue weighted by Crippen LogP contribution is 2.29. The number of likely N-dealkylation sites (tertiary alicyclic amines) is 1. The highest BCUT2D eigenvalue weighted by atomic mass is 16.5. The summed E-state index contributed by atoms with van der Waals surface area (Å²) in [5.41, 5.74) is 1.21. The Hall–Kier alpha value is -3.13. The standard InChI is InChI=1S/C23H28N4O4/c1-30-20-9-3-2-8-19(20)25-21-18(7-4-10-24-21)23(29)27-11-5-6-17(16-27)22(28)26-12-14-31-15-13-26/h2-4,7-10,17H,5-6,11-16H2,1H3,(H,24,25). The first-order valence-electron chi connectivity index (χ1n) is 10.7. The fourth-order valence-corrected chi connectivity index (χ4v) is 4.13. The molecule has 8 nitrogen and oxygen atoms in total. The number of rotatable bonds is 5. The van der Waals surface area contributed by atoms with Crippen molar-refractivity contribution in [2.45, 2.75) is 12.8 Å². The summed E-state index contributed by atoms with van der Waals surface area (Å²) in [6, 6.07) is 11.0. The number of nitrogens with one attached hydrogen (secondary N) is 1. The van der Waals surface area contributed by atoms with Crippen molar-refractivity contribution < 1.29 is 19.1 Å². The van der Waals surface area contributed by atoms with Crippen molar-refractivity contribution in [2.24, 2.45) is 5.92 Å². The number of hydrogen-bond acceptors (Lipinski definition) is 6. The number of para-hydroxylation sites is 2. The van der Waals surface area contributed by atoms with E-state index < -0.39 is 0 Å². The van der Waals surface area contributed by atoms with Gasteiger partial charge in [0.15, 0.2) is 0 Å². The third kappa shape index (κ3) is 4.80. The van der Waals surface area contributed by atoms with Gasteiger partial charge in [-0.05, 0) is 37.1 Å². The van der Waals surface area contributed by atoms with Gasteiger partial charge in [-0.3, -0.25) is 9.59 Å². The number of ether oxygens (including phenoxy) is 2. The quantitative estimate of drug-likeness (QED) is 0.794. The Kier molecular flexibility index (Phi) is 6.66. The smallest absolute Gasteiger partial charge is 0.257 e. The fourth-order valence-electron chi connectivity index (χ4n) is 4.13. The summed E-state index contributed by atoms with van der Waals surface area (Å²) in [4.78, 5) is 34.3. The molecular weight excluding hydrogens is 396 g/mol. The third-order valence-electron chi connectivity index (χ3n) is 5.78. The van der Waals surface area contributed by atoms with Crippen LogP contribution in [0.2, 0.25) is 0 Å². The number of pyridine rings is 1. The molecule has 31 heavy (non-hydrogen) atoms. The highest BCUT2D eigenvalue weighted by molar-refractivity contribution is 5.99. The predicted molar refractivity (Wildman–Crippen MR) is 117 cm³/mol. The van der Waals surface area contributed by atoms with Crippen LogP contribution in [0.25, 0.3) is 0 Å². The fraction of sp³-hybridized carbons (Fsp3) is 0.435. The number of carbonyl (C=O) groups excluding carboxylic acids is 2. The summed E-state index contributed by atoms with van der Waals surface area (Å²) in [5.74, 6) is 0.974. The van der Waals surface area contributed by atoms with Crippen LogP contribution in [0.15, 0.2) is 42.6 Å². The highest BCUT2D eigenvalue weighted by Gasteiger charge is 2.33. The maximum Gasteiger partial charge on any atom is 0.257 e. The molecule has 0 radical (unpaired) electrons. The van der Waals surface area contributed by atoms with E-state index in [0.717, 1.165) is 18.5 Å². The van der Waals surface area contributed by atoms with E-state index in [0.29, 0.717) is 56.5 Å². The van der Waals surface area contributed by atoms with E-state index in [1.165, 1.54) is 0 Å². The molecule has 1 atom stereocenters. The first kappa shape index (κ1) is 21.1. The largest absolute Gasteiger partial charge is 0.495 e. The zero-order chi connectivity index (χ0) is 21.6. The van der Waals surface area contributed by atoms with Crippen LogP contribution in [0.3, 0.4) is 0 Å². The van der Waals surface area contributed by atoms with Crippen LogP contribution in [-0.4, -0.2) is 73.1 Å². The monoisotopic (exact) mass is 424 g/mol. The van der Waals surface area contributed by atoms with Crippen LogP contribution < -0.4 is 10.1 Å². The van der Waals surface area contributed by atoms with E-state index >= 15 is 0 Å². The number of benzene rings is 1. The average molecular weight is 425 g/mol. The van der Waals surface area contributed by atoms with Gasteiger partial charge in [-0.15, -0.1) is 0 Å². The van der Waals surface area contributed by atoms with Gasteiger partial charge in [0.05, 0.1) is 37.5 Å². The Morgan fingerprint density at radius 2 is 1.90 bits per heavy atom. The van der Waals surface area contributed by atoms with Gasteiger partial charge < -0.3 is 24.6 Å².